The van der Waals surface area contributed by atoms with Crippen molar-refractivity contribution in [1.82, 2.24) is 19.7 Å². The summed E-state index contributed by atoms with van der Waals surface area (Å²) in [6, 6.07) is 21.8. The number of anilines is 1. The maximum Gasteiger partial charge on any atom is 0.234 e. The zero-order valence-corrected chi connectivity index (χ0v) is 18.0. The average Bonchev–Trinajstić information content (AvgIpc) is 3.21. The van der Waals surface area contributed by atoms with Gasteiger partial charge in [0.15, 0.2) is 11.0 Å². The molecule has 0 fully saturated rings. The smallest absolute Gasteiger partial charge is 0.234 e. The number of nitrogens with zero attached hydrogens (tertiary/aromatic N) is 4. The first-order valence-electron chi connectivity index (χ1n) is 10.1. The van der Waals surface area contributed by atoms with Gasteiger partial charge in [0.1, 0.15) is 0 Å². The Kier molecular flexibility index (Phi) is 6.74. The number of benzene rings is 2. The van der Waals surface area contributed by atoms with Crippen molar-refractivity contribution < 1.29 is 4.79 Å². The van der Waals surface area contributed by atoms with Crippen molar-refractivity contribution in [3.63, 3.8) is 0 Å². The lowest BCUT2D eigenvalue weighted by Crippen LogP contribution is -2.16. The Hall–Kier alpha value is -3.45. The second-order valence-corrected chi connectivity index (χ2v) is 7.91. The van der Waals surface area contributed by atoms with Crippen molar-refractivity contribution in [2.24, 2.45) is 0 Å². The fourth-order valence-corrected chi connectivity index (χ4v) is 4.02. The highest BCUT2D eigenvalue weighted by Gasteiger charge is 2.16. The number of hydrogen-bond acceptors (Lipinski definition) is 5. The molecular weight excluding hydrogens is 406 g/mol. The Labute approximate surface area is 185 Å². The van der Waals surface area contributed by atoms with E-state index in [1.807, 2.05) is 59.2 Å². The predicted octanol–water partition coefficient (Wildman–Crippen LogP) is 4.68. The van der Waals surface area contributed by atoms with Crippen LogP contribution in [0.15, 0.2) is 84.3 Å². The van der Waals surface area contributed by atoms with Crippen LogP contribution < -0.4 is 5.32 Å². The van der Waals surface area contributed by atoms with E-state index in [1.165, 1.54) is 11.8 Å². The number of para-hydroxylation sites is 1. The van der Waals surface area contributed by atoms with Crippen LogP contribution in [-0.2, 0) is 17.8 Å². The van der Waals surface area contributed by atoms with Gasteiger partial charge in [-0.25, -0.2) is 0 Å². The lowest BCUT2D eigenvalue weighted by molar-refractivity contribution is -0.113. The van der Waals surface area contributed by atoms with E-state index < -0.39 is 0 Å². The minimum absolute atomic E-state index is 0.0666. The monoisotopic (exact) mass is 429 g/mol. The van der Waals surface area contributed by atoms with Crippen LogP contribution in [0, 0.1) is 0 Å². The molecule has 4 rings (SSSR count). The van der Waals surface area contributed by atoms with Gasteiger partial charge in [0.25, 0.3) is 0 Å². The van der Waals surface area contributed by atoms with Crippen LogP contribution in [0.1, 0.15) is 18.1 Å². The predicted molar refractivity (Wildman–Crippen MR) is 124 cm³/mol. The van der Waals surface area contributed by atoms with Gasteiger partial charge in [-0.1, -0.05) is 67.2 Å². The van der Waals surface area contributed by atoms with E-state index in [9.17, 15) is 4.79 Å². The normalized spacial score (nSPS) is 10.7. The van der Waals surface area contributed by atoms with Crippen LogP contribution in [0.5, 0.6) is 0 Å². The number of carbonyl (C=O) groups is 1. The summed E-state index contributed by atoms with van der Waals surface area (Å²) in [5.74, 6) is 0.914. The van der Waals surface area contributed by atoms with Gasteiger partial charge >= 0.3 is 0 Å². The summed E-state index contributed by atoms with van der Waals surface area (Å²) in [5.41, 5.74) is 4.00. The maximum absolute atomic E-state index is 12.6. The molecular formula is C24H23N5OS. The Morgan fingerprint density at radius 2 is 1.81 bits per heavy atom. The van der Waals surface area contributed by atoms with Crippen molar-refractivity contribution in [2.75, 3.05) is 11.1 Å². The molecule has 0 atom stereocenters. The number of carbonyl (C=O) groups excluding carboxylic acids is 1. The van der Waals surface area contributed by atoms with Gasteiger partial charge in [-0.15, -0.1) is 10.2 Å². The number of aryl methyl sites for hydroxylation is 1. The standard InChI is InChI=1S/C24H23N5OS/c1-2-19-11-6-7-13-21(19)26-22(30)17-31-24-28-27-23(20-12-8-14-25-15-20)29(24)16-18-9-4-3-5-10-18/h3-15H,2,16-17H2,1H3,(H,26,30). The molecule has 0 aliphatic carbocycles. The second kappa shape index (κ2) is 10.0. The molecule has 2 heterocycles. The molecule has 1 N–H and O–H groups in total. The number of hydrogen-bond donors (Lipinski definition) is 1. The summed E-state index contributed by atoms with van der Waals surface area (Å²) in [5, 5.41) is 12.5. The van der Waals surface area contributed by atoms with Crippen molar-refractivity contribution in [2.45, 2.75) is 25.0 Å². The SMILES string of the molecule is CCc1ccccc1NC(=O)CSc1nnc(-c2cccnc2)n1Cc1ccccc1. The number of rotatable bonds is 8. The van der Waals surface area contributed by atoms with E-state index in [4.69, 9.17) is 0 Å². The molecule has 0 saturated carbocycles. The molecule has 156 valence electrons. The van der Waals surface area contributed by atoms with Crippen LogP contribution in [0.25, 0.3) is 11.4 Å². The van der Waals surface area contributed by atoms with Crippen LogP contribution in [-0.4, -0.2) is 31.4 Å². The lowest BCUT2D eigenvalue weighted by Gasteiger charge is -2.11. The van der Waals surface area contributed by atoms with E-state index in [1.54, 1.807) is 12.4 Å². The van der Waals surface area contributed by atoms with Crippen LogP contribution in [0.4, 0.5) is 5.69 Å². The Morgan fingerprint density at radius 3 is 2.58 bits per heavy atom. The lowest BCUT2D eigenvalue weighted by atomic mass is 10.1. The fraction of sp³-hybridized carbons (Fsp3) is 0.167. The van der Waals surface area contributed by atoms with E-state index >= 15 is 0 Å². The Bertz CT molecular complexity index is 1150. The van der Waals surface area contributed by atoms with Crippen molar-refractivity contribution in [3.05, 3.63) is 90.3 Å². The van der Waals surface area contributed by atoms with E-state index in [0.29, 0.717) is 11.7 Å². The summed E-state index contributed by atoms with van der Waals surface area (Å²) in [7, 11) is 0. The number of pyridine rings is 1. The molecule has 2 aromatic carbocycles. The molecule has 0 aliphatic rings. The summed E-state index contributed by atoms with van der Waals surface area (Å²) in [6.45, 7) is 2.69. The fourth-order valence-electron chi connectivity index (χ4n) is 3.28. The van der Waals surface area contributed by atoms with E-state index in [0.717, 1.165) is 34.6 Å². The van der Waals surface area contributed by atoms with Gasteiger partial charge in [-0.05, 0) is 35.7 Å². The summed E-state index contributed by atoms with van der Waals surface area (Å²) >= 11 is 1.38. The summed E-state index contributed by atoms with van der Waals surface area (Å²) in [4.78, 5) is 16.8. The van der Waals surface area contributed by atoms with Crippen molar-refractivity contribution in [1.29, 1.82) is 0 Å². The van der Waals surface area contributed by atoms with Gasteiger partial charge in [0.2, 0.25) is 5.91 Å². The third kappa shape index (κ3) is 5.19. The third-order valence-electron chi connectivity index (χ3n) is 4.82. The zero-order valence-electron chi connectivity index (χ0n) is 17.2. The summed E-state index contributed by atoms with van der Waals surface area (Å²) < 4.78 is 2.03. The first-order valence-corrected chi connectivity index (χ1v) is 11.1. The van der Waals surface area contributed by atoms with Crippen LogP contribution >= 0.6 is 11.8 Å². The zero-order chi connectivity index (χ0) is 21.5. The average molecular weight is 430 g/mol. The molecule has 0 bridgehead atoms. The number of nitrogens with one attached hydrogen (secondary N) is 1. The van der Waals surface area contributed by atoms with Crippen molar-refractivity contribution in [3.8, 4) is 11.4 Å². The van der Waals surface area contributed by atoms with Gasteiger partial charge in [-0.2, -0.15) is 0 Å². The highest BCUT2D eigenvalue weighted by atomic mass is 32.2. The minimum atomic E-state index is -0.0666. The second-order valence-electron chi connectivity index (χ2n) is 6.97. The molecule has 0 spiro atoms. The maximum atomic E-state index is 12.6. The van der Waals surface area contributed by atoms with Crippen molar-refractivity contribution >= 4 is 23.4 Å². The molecule has 7 heteroatoms. The van der Waals surface area contributed by atoms with Crippen LogP contribution in [0.2, 0.25) is 0 Å². The molecule has 6 nitrogen and oxygen atoms in total. The quantitative estimate of drug-likeness (QED) is 0.412. The van der Waals surface area contributed by atoms with Crippen LogP contribution in [0.3, 0.4) is 0 Å². The Morgan fingerprint density at radius 1 is 1.00 bits per heavy atom. The minimum Gasteiger partial charge on any atom is -0.325 e. The molecule has 1 amide bonds. The molecule has 31 heavy (non-hydrogen) atoms. The van der Waals surface area contributed by atoms with Gasteiger partial charge < -0.3 is 5.32 Å². The van der Waals surface area contributed by atoms with Gasteiger partial charge in [0.05, 0.1) is 12.3 Å². The van der Waals surface area contributed by atoms with E-state index in [2.05, 4.69) is 39.6 Å². The van der Waals surface area contributed by atoms with Gasteiger partial charge in [-0.3, -0.25) is 14.3 Å². The highest BCUT2D eigenvalue weighted by molar-refractivity contribution is 7.99. The first kappa shape index (κ1) is 20.8. The molecule has 4 aromatic rings. The topological polar surface area (TPSA) is 72.7 Å². The first-order chi connectivity index (χ1) is 15.2. The van der Waals surface area contributed by atoms with Gasteiger partial charge in [0, 0.05) is 23.6 Å². The molecule has 2 aromatic heterocycles. The molecule has 0 radical (unpaired) electrons. The molecule has 0 unspecified atom stereocenters. The number of amides is 1. The molecule has 0 aliphatic heterocycles. The number of aromatic nitrogens is 4. The Balaban J connectivity index is 1.53. The largest absolute Gasteiger partial charge is 0.325 e. The molecule has 0 saturated heterocycles. The number of thioether (sulfide) groups is 1. The van der Waals surface area contributed by atoms with E-state index in [-0.39, 0.29) is 11.7 Å². The summed E-state index contributed by atoms with van der Waals surface area (Å²) in [6.07, 6.45) is 4.37. The third-order valence-corrected chi connectivity index (χ3v) is 5.79. The highest BCUT2D eigenvalue weighted by Crippen LogP contribution is 2.25.